The predicted molar refractivity (Wildman–Crippen MR) is 115 cm³/mol. The van der Waals surface area contributed by atoms with Crippen molar-refractivity contribution in [2.75, 3.05) is 0 Å². The molecule has 0 atom stereocenters. The van der Waals surface area contributed by atoms with E-state index in [1.165, 1.54) is 6.07 Å². The summed E-state index contributed by atoms with van der Waals surface area (Å²) in [5.74, 6) is -0.424. The number of benzene rings is 2. The van der Waals surface area contributed by atoms with Gasteiger partial charge in [-0.15, -0.1) is 0 Å². The Kier molecular flexibility index (Phi) is 5.31. The van der Waals surface area contributed by atoms with E-state index in [9.17, 15) is 9.18 Å². The highest BCUT2D eigenvalue weighted by molar-refractivity contribution is 5.97. The molecule has 0 aliphatic carbocycles. The zero-order chi connectivity index (χ0) is 21.3. The second-order valence-electron chi connectivity index (χ2n) is 7.01. The van der Waals surface area contributed by atoms with Crippen LogP contribution in [0.15, 0.2) is 60.9 Å². The standard InChI is InChI=1S/C22H17FN4O.C2H6/c1-26-21-10-15(4-6-16(21)11-25-26)14-5-7-17(19(23)9-14)12-27-13-20-18(22(27)28)3-2-8-24-20;1-2/h2-11H,12-13H2,1H3;1-2H3. The summed E-state index contributed by atoms with van der Waals surface area (Å²) >= 11 is 0. The highest BCUT2D eigenvalue weighted by atomic mass is 19.1. The van der Waals surface area contributed by atoms with Gasteiger partial charge in [-0.1, -0.05) is 38.1 Å². The minimum absolute atomic E-state index is 0.103. The van der Waals surface area contributed by atoms with Gasteiger partial charge in [0.25, 0.3) is 5.91 Å². The molecule has 1 amide bonds. The topological polar surface area (TPSA) is 51.0 Å². The van der Waals surface area contributed by atoms with Crippen molar-refractivity contribution < 1.29 is 9.18 Å². The molecule has 0 bridgehead atoms. The average molecular weight is 402 g/mol. The molecule has 2 aromatic heterocycles. The fraction of sp³-hybridized carbons (Fsp3) is 0.208. The number of amides is 1. The molecule has 5 rings (SSSR count). The molecule has 1 aliphatic rings. The first kappa shape index (κ1) is 19.8. The van der Waals surface area contributed by atoms with Gasteiger partial charge >= 0.3 is 0 Å². The number of hydrogen-bond donors (Lipinski definition) is 0. The zero-order valence-electron chi connectivity index (χ0n) is 17.3. The lowest BCUT2D eigenvalue weighted by atomic mass is 10.0. The zero-order valence-corrected chi connectivity index (χ0v) is 17.3. The maximum Gasteiger partial charge on any atom is 0.256 e. The van der Waals surface area contributed by atoms with Gasteiger partial charge in [0.15, 0.2) is 0 Å². The summed E-state index contributed by atoms with van der Waals surface area (Å²) in [4.78, 5) is 18.4. The van der Waals surface area contributed by atoms with E-state index in [0.717, 1.165) is 27.7 Å². The molecule has 0 radical (unpaired) electrons. The number of aryl methyl sites for hydroxylation is 1. The van der Waals surface area contributed by atoms with Gasteiger partial charge in [0.1, 0.15) is 5.82 Å². The van der Waals surface area contributed by atoms with E-state index in [-0.39, 0.29) is 18.3 Å². The Labute approximate surface area is 174 Å². The van der Waals surface area contributed by atoms with Crippen LogP contribution in [-0.2, 0) is 20.1 Å². The minimum Gasteiger partial charge on any atom is -0.328 e. The van der Waals surface area contributed by atoms with Gasteiger partial charge in [0.2, 0.25) is 0 Å². The van der Waals surface area contributed by atoms with E-state index in [0.29, 0.717) is 17.7 Å². The molecule has 0 N–H and O–H groups in total. The van der Waals surface area contributed by atoms with Gasteiger partial charge in [-0.2, -0.15) is 5.10 Å². The van der Waals surface area contributed by atoms with Crippen molar-refractivity contribution in [2.24, 2.45) is 7.05 Å². The first-order valence-corrected chi connectivity index (χ1v) is 10.0. The smallest absolute Gasteiger partial charge is 0.256 e. The van der Waals surface area contributed by atoms with Crippen LogP contribution in [0.4, 0.5) is 4.39 Å². The molecule has 3 heterocycles. The molecule has 0 spiro atoms. The van der Waals surface area contributed by atoms with Crippen molar-refractivity contribution in [3.63, 3.8) is 0 Å². The van der Waals surface area contributed by atoms with Gasteiger partial charge in [0, 0.05) is 30.7 Å². The van der Waals surface area contributed by atoms with Crippen LogP contribution in [0, 0.1) is 5.82 Å². The van der Waals surface area contributed by atoms with Crippen molar-refractivity contribution in [3.8, 4) is 11.1 Å². The van der Waals surface area contributed by atoms with Crippen LogP contribution in [-0.4, -0.2) is 25.6 Å². The Balaban J connectivity index is 0.00000106. The summed E-state index contributed by atoms with van der Waals surface area (Å²) < 4.78 is 16.6. The minimum atomic E-state index is -0.320. The SMILES string of the molecule is CC.Cn1ncc2ccc(-c3ccc(CN4Cc5ncccc5C4=O)c(F)c3)cc21. The molecule has 0 saturated heterocycles. The molecular formula is C24H23FN4O. The average Bonchev–Trinajstić information content (AvgIpc) is 3.31. The number of fused-ring (bicyclic) bond motifs is 2. The Bertz CT molecular complexity index is 1230. The van der Waals surface area contributed by atoms with E-state index in [1.54, 1.807) is 34.0 Å². The summed E-state index contributed by atoms with van der Waals surface area (Å²) in [6.45, 7) is 4.63. The highest BCUT2D eigenvalue weighted by Crippen LogP contribution is 2.28. The summed E-state index contributed by atoms with van der Waals surface area (Å²) in [6, 6.07) is 14.6. The lowest BCUT2D eigenvalue weighted by molar-refractivity contribution is 0.0765. The van der Waals surface area contributed by atoms with E-state index in [4.69, 9.17) is 0 Å². The van der Waals surface area contributed by atoms with Crippen LogP contribution in [0.25, 0.3) is 22.0 Å². The maximum atomic E-state index is 14.8. The third-order valence-corrected chi connectivity index (χ3v) is 5.25. The number of carbonyl (C=O) groups excluding carboxylic acids is 1. The molecule has 0 fully saturated rings. The van der Waals surface area contributed by atoms with Crippen LogP contribution in [0.3, 0.4) is 0 Å². The Morgan fingerprint density at radius 1 is 1.07 bits per heavy atom. The Morgan fingerprint density at radius 2 is 1.83 bits per heavy atom. The van der Waals surface area contributed by atoms with Gasteiger partial charge in [-0.05, 0) is 35.4 Å². The third-order valence-electron chi connectivity index (χ3n) is 5.25. The molecule has 5 nitrogen and oxygen atoms in total. The lowest BCUT2D eigenvalue weighted by Gasteiger charge is -2.16. The summed E-state index contributed by atoms with van der Waals surface area (Å²) in [6.07, 6.45) is 3.48. The number of aromatic nitrogens is 3. The number of rotatable bonds is 3. The van der Waals surface area contributed by atoms with Crippen LogP contribution >= 0.6 is 0 Å². The van der Waals surface area contributed by atoms with Crippen LogP contribution in [0.2, 0.25) is 0 Å². The normalized spacial score (nSPS) is 12.7. The van der Waals surface area contributed by atoms with Gasteiger partial charge in [-0.25, -0.2) is 4.39 Å². The first-order valence-electron chi connectivity index (χ1n) is 10.0. The second-order valence-corrected chi connectivity index (χ2v) is 7.01. The molecule has 0 saturated carbocycles. The first-order chi connectivity index (χ1) is 14.6. The highest BCUT2D eigenvalue weighted by Gasteiger charge is 2.28. The molecule has 30 heavy (non-hydrogen) atoms. The van der Waals surface area contributed by atoms with E-state index in [1.807, 2.05) is 51.4 Å². The number of hydrogen-bond acceptors (Lipinski definition) is 3. The monoisotopic (exact) mass is 402 g/mol. The number of carbonyl (C=O) groups is 1. The van der Waals surface area contributed by atoms with Crippen molar-refractivity contribution in [1.29, 1.82) is 0 Å². The van der Waals surface area contributed by atoms with Crippen LogP contribution in [0.5, 0.6) is 0 Å². The fourth-order valence-electron chi connectivity index (χ4n) is 3.69. The van der Waals surface area contributed by atoms with Gasteiger partial charge in [0.05, 0.1) is 29.5 Å². The summed E-state index contributed by atoms with van der Waals surface area (Å²) in [5.41, 5.74) is 4.55. The molecule has 6 heteroatoms. The summed E-state index contributed by atoms with van der Waals surface area (Å²) in [5, 5.41) is 5.29. The molecular weight excluding hydrogens is 379 g/mol. The maximum absolute atomic E-state index is 14.8. The van der Waals surface area contributed by atoms with E-state index >= 15 is 0 Å². The van der Waals surface area contributed by atoms with Crippen molar-refractivity contribution in [3.05, 3.63) is 83.6 Å². The predicted octanol–water partition coefficient (Wildman–Crippen LogP) is 4.96. The summed E-state index contributed by atoms with van der Waals surface area (Å²) in [7, 11) is 1.88. The van der Waals surface area contributed by atoms with E-state index in [2.05, 4.69) is 10.1 Å². The molecule has 2 aromatic carbocycles. The van der Waals surface area contributed by atoms with Crippen LogP contribution < -0.4 is 0 Å². The fourth-order valence-corrected chi connectivity index (χ4v) is 3.69. The van der Waals surface area contributed by atoms with E-state index < -0.39 is 0 Å². The second kappa shape index (κ2) is 8.06. The quantitative estimate of drug-likeness (QED) is 0.487. The van der Waals surface area contributed by atoms with Crippen molar-refractivity contribution in [2.45, 2.75) is 26.9 Å². The van der Waals surface area contributed by atoms with Gasteiger partial charge < -0.3 is 4.90 Å². The Hall–Kier alpha value is -3.54. The Morgan fingerprint density at radius 3 is 2.60 bits per heavy atom. The van der Waals surface area contributed by atoms with Crippen molar-refractivity contribution in [1.82, 2.24) is 19.7 Å². The number of nitrogens with zero attached hydrogens (tertiary/aromatic N) is 4. The molecule has 0 unspecified atom stereocenters. The molecule has 4 aromatic rings. The van der Waals surface area contributed by atoms with Gasteiger partial charge in [-0.3, -0.25) is 14.5 Å². The largest absolute Gasteiger partial charge is 0.328 e. The number of halogens is 1. The number of pyridine rings is 1. The van der Waals surface area contributed by atoms with Crippen LogP contribution in [0.1, 0.15) is 35.5 Å². The molecule has 152 valence electrons. The van der Waals surface area contributed by atoms with Crippen molar-refractivity contribution >= 4 is 16.8 Å². The lowest BCUT2D eigenvalue weighted by Crippen LogP contribution is -2.23. The third kappa shape index (κ3) is 3.45. The molecule has 1 aliphatic heterocycles.